The first-order valence-corrected chi connectivity index (χ1v) is 7.11. The van der Waals surface area contributed by atoms with Gasteiger partial charge < -0.3 is 4.74 Å². The Hall–Kier alpha value is -2.17. The highest BCUT2D eigenvalue weighted by atomic mass is 16.6. The van der Waals surface area contributed by atoms with Gasteiger partial charge in [-0.15, -0.1) is 0 Å². The monoisotopic (exact) mass is 289 g/mol. The van der Waals surface area contributed by atoms with Gasteiger partial charge in [-0.2, -0.15) is 0 Å². The average molecular weight is 289 g/mol. The summed E-state index contributed by atoms with van der Waals surface area (Å²) in [5.41, 5.74) is 1.02. The van der Waals surface area contributed by atoms with Crippen LogP contribution in [0.5, 0.6) is 0 Å². The van der Waals surface area contributed by atoms with E-state index in [0.717, 1.165) is 10.5 Å². The van der Waals surface area contributed by atoms with E-state index < -0.39 is 17.9 Å². The maximum absolute atomic E-state index is 12.4. The van der Waals surface area contributed by atoms with E-state index in [1.165, 1.54) is 0 Å². The third-order valence-corrected chi connectivity index (χ3v) is 3.71. The van der Waals surface area contributed by atoms with Crippen molar-refractivity contribution in [3.63, 3.8) is 0 Å². The Morgan fingerprint density at radius 2 is 2.00 bits per heavy atom. The number of ketones is 1. The largest absolute Gasteiger partial charge is 0.447 e. The Labute approximate surface area is 123 Å². The lowest BCUT2D eigenvalue weighted by atomic mass is 10.0. The summed E-state index contributed by atoms with van der Waals surface area (Å²) in [4.78, 5) is 36.9. The van der Waals surface area contributed by atoms with Crippen LogP contribution >= 0.6 is 0 Å². The molecule has 112 valence electrons. The summed E-state index contributed by atoms with van der Waals surface area (Å²) in [6, 6.07) is 9.24. The minimum absolute atomic E-state index is 0.168. The number of carbonyl (C=O) groups is 3. The Bertz CT molecular complexity index is 540. The Balaban J connectivity index is 2.13. The fraction of sp³-hybridized carbons (Fsp3) is 0.438. The number of Topliss-reactive ketones (excluding diaryl/α,β-unsaturated/α-hetero) is 1. The summed E-state index contributed by atoms with van der Waals surface area (Å²) >= 11 is 0. The van der Waals surface area contributed by atoms with Crippen LogP contribution in [0.25, 0.3) is 0 Å². The van der Waals surface area contributed by atoms with E-state index in [1.54, 1.807) is 13.8 Å². The average Bonchev–Trinajstić information content (AvgIpc) is 2.86. The molecule has 5 nitrogen and oxygen atoms in total. The van der Waals surface area contributed by atoms with Gasteiger partial charge in [0.05, 0.1) is 12.0 Å². The van der Waals surface area contributed by atoms with Crippen molar-refractivity contribution in [2.75, 3.05) is 6.61 Å². The Morgan fingerprint density at radius 3 is 2.62 bits per heavy atom. The van der Waals surface area contributed by atoms with Crippen LogP contribution < -0.4 is 0 Å². The molecule has 0 saturated carbocycles. The van der Waals surface area contributed by atoms with Crippen molar-refractivity contribution < 1.29 is 19.1 Å². The van der Waals surface area contributed by atoms with Gasteiger partial charge in [0.25, 0.3) is 0 Å². The first kappa shape index (κ1) is 15.2. The van der Waals surface area contributed by atoms with Crippen LogP contribution in [0, 0.1) is 5.92 Å². The highest BCUT2D eigenvalue weighted by Crippen LogP contribution is 2.20. The molecule has 1 aromatic rings. The van der Waals surface area contributed by atoms with Gasteiger partial charge in [-0.05, 0) is 18.9 Å². The molecule has 1 saturated heterocycles. The van der Waals surface area contributed by atoms with Gasteiger partial charge in [0.2, 0.25) is 5.91 Å². The van der Waals surface area contributed by atoms with Crippen molar-refractivity contribution in [1.29, 1.82) is 0 Å². The van der Waals surface area contributed by atoms with E-state index >= 15 is 0 Å². The molecule has 5 heteroatoms. The summed E-state index contributed by atoms with van der Waals surface area (Å²) in [5, 5.41) is 0. The first-order chi connectivity index (χ1) is 10.0. The number of imide groups is 1. The van der Waals surface area contributed by atoms with Gasteiger partial charge >= 0.3 is 6.09 Å². The van der Waals surface area contributed by atoms with Gasteiger partial charge in [-0.1, -0.05) is 37.3 Å². The van der Waals surface area contributed by atoms with Crippen LogP contribution in [0.2, 0.25) is 0 Å². The highest BCUT2D eigenvalue weighted by molar-refractivity contribution is 6.06. The zero-order valence-corrected chi connectivity index (χ0v) is 12.2. The van der Waals surface area contributed by atoms with Gasteiger partial charge in [-0.3, -0.25) is 9.59 Å². The van der Waals surface area contributed by atoms with Crippen molar-refractivity contribution in [3.05, 3.63) is 35.9 Å². The smallest absolute Gasteiger partial charge is 0.417 e. The fourth-order valence-electron chi connectivity index (χ4n) is 2.42. The molecular weight excluding hydrogens is 270 g/mol. The topological polar surface area (TPSA) is 63.7 Å². The predicted molar refractivity (Wildman–Crippen MR) is 76.6 cm³/mol. The summed E-state index contributed by atoms with van der Waals surface area (Å²) in [7, 11) is 0. The van der Waals surface area contributed by atoms with Crippen molar-refractivity contribution in [3.8, 4) is 0 Å². The summed E-state index contributed by atoms with van der Waals surface area (Å²) < 4.78 is 4.99. The molecule has 0 aliphatic carbocycles. The number of ether oxygens (including phenoxy) is 1. The molecule has 0 aromatic heterocycles. The van der Waals surface area contributed by atoms with E-state index in [4.69, 9.17) is 4.74 Å². The molecule has 2 rings (SSSR count). The summed E-state index contributed by atoms with van der Waals surface area (Å²) in [6.45, 7) is 3.42. The standard InChI is InChI=1S/C16H19NO4/c1-3-14(18)11(2)15(19)17-13(10-21-16(17)20)9-12-7-5-4-6-8-12/h4-8,11,13H,3,9-10H2,1-2H3/t11-,13-/m1/s1. The molecule has 1 heterocycles. The van der Waals surface area contributed by atoms with Crippen molar-refractivity contribution in [1.82, 2.24) is 4.90 Å². The lowest BCUT2D eigenvalue weighted by molar-refractivity contribution is -0.138. The molecule has 0 unspecified atom stereocenters. The number of cyclic esters (lactones) is 1. The molecule has 1 fully saturated rings. The maximum atomic E-state index is 12.4. The number of hydrogen-bond acceptors (Lipinski definition) is 4. The van der Waals surface area contributed by atoms with Crippen LogP contribution in [-0.2, 0) is 20.7 Å². The van der Waals surface area contributed by atoms with E-state index in [9.17, 15) is 14.4 Å². The van der Waals surface area contributed by atoms with Crippen LogP contribution in [0.1, 0.15) is 25.8 Å². The lowest BCUT2D eigenvalue weighted by Crippen LogP contribution is -2.44. The molecule has 2 atom stereocenters. The molecule has 0 spiro atoms. The van der Waals surface area contributed by atoms with E-state index in [1.807, 2.05) is 30.3 Å². The molecule has 21 heavy (non-hydrogen) atoms. The number of benzene rings is 1. The van der Waals surface area contributed by atoms with Crippen molar-refractivity contribution in [2.24, 2.45) is 5.92 Å². The first-order valence-electron chi connectivity index (χ1n) is 7.11. The summed E-state index contributed by atoms with van der Waals surface area (Å²) in [5.74, 6) is -1.44. The van der Waals surface area contributed by atoms with Crippen LogP contribution in [0.15, 0.2) is 30.3 Å². The van der Waals surface area contributed by atoms with Crippen molar-refractivity contribution in [2.45, 2.75) is 32.7 Å². The number of hydrogen-bond donors (Lipinski definition) is 0. The fourth-order valence-corrected chi connectivity index (χ4v) is 2.42. The quantitative estimate of drug-likeness (QED) is 0.779. The normalized spacial score (nSPS) is 19.2. The second kappa shape index (κ2) is 6.52. The zero-order valence-electron chi connectivity index (χ0n) is 12.2. The van der Waals surface area contributed by atoms with E-state index in [0.29, 0.717) is 6.42 Å². The zero-order chi connectivity index (χ0) is 15.4. The highest BCUT2D eigenvalue weighted by Gasteiger charge is 2.40. The third-order valence-electron chi connectivity index (χ3n) is 3.71. The van der Waals surface area contributed by atoms with Crippen LogP contribution in [0.4, 0.5) is 4.79 Å². The van der Waals surface area contributed by atoms with Crippen LogP contribution in [-0.4, -0.2) is 35.3 Å². The van der Waals surface area contributed by atoms with Gasteiger partial charge in [0.15, 0.2) is 0 Å². The lowest BCUT2D eigenvalue weighted by Gasteiger charge is -2.22. The second-order valence-electron chi connectivity index (χ2n) is 5.17. The molecule has 0 bridgehead atoms. The molecule has 1 aliphatic heterocycles. The predicted octanol–water partition coefficient (Wildman–Crippen LogP) is 2.19. The molecule has 2 amide bonds. The SMILES string of the molecule is CCC(=O)[C@@H](C)C(=O)N1C(=O)OC[C@H]1Cc1ccccc1. The summed E-state index contributed by atoms with van der Waals surface area (Å²) in [6.07, 6.45) is 0.154. The van der Waals surface area contributed by atoms with E-state index in [2.05, 4.69) is 0 Å². The van der Waals surface area contributed by atoms with Gasteiger partial charge in [0, 0.05) is 6.42 Å². The minimum Gasteiger partial charge on any atom is -0.447 e. The number of rotatable bonds is 5. The molecule has 0 radical (unpaired) electrons. The second-order valence-corrected chi connectivity index (χ2v) is 5.17. The number of amides is 2. The van der Waals surface area contributed by atoms with Crippen LogP contribution in [0.3, 0.4) is 0 Å². The molecule has 1 aromatic carbocycles. The third kappa shape index (κ3) is 3.29. The van der Waals surface area contributed by atoms with Crippen molar-refractivity contribution >= 4 is 17.8 Å². The molecular formula is C16H19NO4. The molecule has 1 aliphatic rings. The van der Waals surface area contributed by atoms with E-state index in [-0.39, 0.29) is 24.9 Å². The Kier molecular flexibility index (Phi) is 4.73. The minimum atomic E-state index is -0.807. The number of nitrogens with zero attached hydrogens (tertiary/aromatic N) is 1. The number of carbonyl (C=O) groups excluding carboxylic acids is 3. The van der Waals surface area contributed by atoms with Gasteiger partial charge in [0.1, 0.15) is 12.4 Å². The maximum Gasteiger partial charge on any atom is 0.417 e. The van der Waals surface area contributed by atoms with Gasteiger partial charge in [-0.25, -0.2) is 9.69 Å². The molecule has 0 N–H and O–H groups in total. The Morgan fingerprint density at radius 1 is 1.33 bits per heavy atom.